The minimum atomic E-state index is -4.68. The molecule has 0 aliphatic heterocycles. The van der Waals surface area contributed by atoms with Crippen molar-refractivity contribution in [1.82, 2.24) is 0 Å². The van der Waals surface area contributed by atoms with Gasteiger partial charge in [-0.2, -0.15) is 0 Å². The first-order valence-electron chi connectivity index (χ1n) is 18.3. The Labute approximate surface area is 289 Å². The molecule has 0 saturated heterocycles. The molecule has 0 nitrogen and oxygen atoms in total. The Hall–Kier alpha value is -2.18. The Balaban J connectivity index is 1.27. The number of benzene rings is 4. The Kier molecular flexibility index (Phi) is 8.39. The van der Waals surface area contributed by atoms with E-state index in [-0.39, 0.29) is 7.25 Å². The number of hydrogen-bond acceptors (Lipinski definition) is 0. The summed E-state index contributed by atoms with van der Waals surface area (Å²) in [5.41, 5.74) is 12.3. The van der Waals surface area contributed by atoms with Gasteiger partial charge in [0, 0.05) is 0 Å². The molecule has 0 amide bonds. The van der Waals surface area contributed by atoms with E-state index in [1.54, 1.807) is 22.3 Å². The summed E-state index contributed by atoms with van der Waals surface area (Å²) in [6, 6.07) is 31.6. The average molecular weight is 738 g/mol. The molecule has 0 fully saturated rings. The summed E-state index contributed by atoms with van der Waals surface area (Å²) in [7, 11) is 17.2. The third-order valence-corrected chi connectivity index (χ3v) is 33.5. The topological polar surface area (TPSA) is 0 Å². The van der Waals surface area contributed by atoms with Gasteiger partial charge in [0.25, 0.3) is 0 Å². The Morgan fingerprint density at radius 3 is 1.43 bits per heavy atom. The van der Waals surface area contributed by atoms with Gasteiger partial charge in [-0.3, -0.25) is 0 Å². The molecule has 0 heterocycles. The van der Waals surface area contributed by atoms with Crippen molar-refractivity contribution in [1.29, 1.82) is 0 Å². The van der Waals surface area contributed by atoms with E-state index >= 15 is 0 Å². The van der Waals surface area contributed by atoms with Crippen molar-refractivity contribution in [3.05, 3.63) is 142 Å². The van der Waals surface area contributed by atoms with Crippen molar-refractivity contribution in [2.45, 2.75) is 95.4 Å². The second kappa shape index (κ2) is 12.3. The molecule has 0 spiro atoms. The molecule has 0 saturated carbocycles. The van der Waals surface area contributed by atoms with E-state index in [4.69, 9.17) is 17.0 Å². The van der Waals surface area contributed by atoms with Gasteiger partial charge < -0.3 is 0 Å². The summed E-state index contributed by atoms with van der Waals surface area (Å²) in [4.78, 5) is 0. The summed E-state index contributed by atoms with van der Waals surface area (Å²) in [5.74, 6) is 0.816. The summed E-state index contributed by atoms with van der Waals surface area (Å²) in [5, 5.41) is 5.45. The second-order valence-electron chi connectivity index (χ2n) is 14.7. The Morgan fingerprint density at radius 1 is 0.574 bits per heavy atom. The van der Waals surface area contributed by atoms with Crippen LogP contribution in [0.5, 0.6) is 0 Å². The van der Waals surface area contributed by atoms with Crippen LogP contribution >= 0.6 is 17.0 Å². The van der Waals surface area contributed by atoms with E-state index in [0.29, 0.717) is 11.8 Å². The molecule has 4 aliphatic rings. The third-order valence-electron chi connectivity index (χ3n) is 12.6. The molecule has 4 aromatic carbocycles. The van der Waals surface area contributed by atoms with Gasteiger partial charge in [-0.15, -0.1) is 0 Å². The van der Waals surface area contributed by atoms with Crippen molar-refractivity contribution in [3.8, 4) is 0 Å². The van der Waals surface area contributed by atoms with E-state index in [2.05, 4.69) is 118 Å². The molecule has 4 aliphatic carbocycles. The predicted molar refractivity (Wildman–Crippen MR) is 202 cm³/mol. The van der Waals surface area contributed by atoms with Crippen molar-refractivity contribution >= 4 is 38.6 Å². The van der Waals surface area contributed by atoms with Gasteiger partial charge in [0.1, 0.15) is 0 Å². The monoisotopic (exact) mass is 735 g/mol. The van der Waals surface area contributed by atoms with Crippen molar-refractivity contribution in [3.63, 3.8) is 0 Å². The van der Waals surface area contributed by atoms with Gasteiger partial charge in [0.15, 0.2) is 0 Å². The van der Waals surface area contributed by atoms with E-state index < -0.39 is 16.4 Å². The molecule has 4 aromatic rings. The zero-order chi connectivity index (χ0) is 32.4. The van der Waals surface area contributed by atoms with Crippen LogP contribution in [-0.2, 0) is 16.4 Å². The Morgan fingerprint density at radius 2 is 1.00 bits per heavy atom. The van der Waals surface area contributed by atoms with E-state index in [9.17, 15) is 0 Å². The van der Waals surface area contributed by atoms with Crippen LogP contribution in [-0.4, -0.2) is 0 Å². The average Bonchev–Trinajstić information content (AvgIpc) is 3.71. The summed E-state index contributed by atoms with van der Waals surface area (Å²) < 4.78 is 1.37. The number of rotatable bonds is 7. The molecule has 0 bridgehead atoms. The molecule has 4 unspecified atom stereocenters. The summed E-state index contributed by atoms with van der Waals surface area (Å²) >= 11 is -4.68. The molecule has 4 atom stereocenters. The first kappa shape index (κ1) is 32.1. The summed E-state index contributed by atoms with van der Waals surface area (Å²) in [6.07, 6.45) is 14.3. The van der Waals surface area contributed by atoms with Gasteiger partial charge >= 0.3 is 292 Å². The van der Waals surface area contributed by atoms with Crippen LogP contribution in [0, 0.1) is 0 Å². The van der Waals surface area contributed by atoms with Gasteiger partial charge in [0.05, 0.1) is 0 Å². The van der Waals surface area contributed by atoms with Crippen molar-refractivity contribution in [2.75, 3.05) is 0 Å². The van der Waals surface area contributed by atoms with Gasteiger partial charge in [-0.1, -0.05) is 0 Å². The maximum atomic E-state index is 8.58. The summed E-state index contributed by atoms with van der Waals surface area (Å²) in [6.45, 7) is 7.03. The van der Waals surface area contributed by atoms with Crippen LogP contribution in [0.25, 0.3) is 21.5 Å². The van der Waals surface area contributed by atoms with E-state index in [1.807, 2.05) is 0 Å². The molecular weight excluding hydrogens is 691 g/mol. The van der Waals surface area contributed by atoms with Gasteiger partial charge in [-0.25, -0.2) is 0 Å². The first-order valence-corrected chi connectivity index (χ1v) is 29.2. The molecule has 0 radical (unpaired) electrons. The molecule has 241 valence electrons. The molecule has 8 rings (SSSR count). The van der Waals surface area contributed by atoms with Crippen LogP contribution in [0.2, 0.25) is 11.4 Å². The number of halogens is 2. The number of hydrogen-bond donors (Lipinski definition) is 0. The van der Waals surface area contributed by atoms with Crippen LogP contribution in [0.4, 0.5) is 0 Å². The normalized spacial score (nSPS) is 25.4. The van der Waals surface area contributed by atoms with Gasteiger partial charge in [0.2, 0.25) is 0 Å². The maximum absolute atomic E-state index is 8.58. The fraction of sp³-hybridized carbons (Fsp3) is 0.364. The van der Waals surface area contributed by atoms with Crippen LogP contribution in [0.15, 0.2) is 131 Å². The zero-order valence-corrected chi connectivity index (χ0v) is 32.1. The van der Waals surface area contributed by atoms with E-state index in [0.717, 1.165) is 29.8 Å². The number of allylic oxidation sites excluding steroid dienone is 8. The first-order chi connectivity index (χ1) is 22.9. The fourth-order valence-electron chi connectivity index (χ4n) is 10.5. The van der Waals surface area contributed by atoms with Crippen LogP contribution in [0.3, 0.4) is 0 Å². The van der Waals surface area contributed by atoms with Crippen molar-refractivity contribution < 1.29 is 16.4 Å². The van der Waals surface area contributed by atoms with Crippen LogP contribution in [0.1, 0.15) is 95.1 Å². The molecular formula is C44H47Cl2Zr. The molecule has 3 heteroatoms. The predicted octanol–water partition coefficient (Wildman–Crippen LogP) is 14.5. The molecule has 47 heavy (non-hydrogen) atoms. The molecule has 0 aromatic heterocycles. The second-order valence-corrected chi connectivity index (χ2v) is 37.6. The standard InChI is InChI=1S/2C21H21.C2H5.2ClH.Zr/c2*1-2-15-13-17-9-6-12-20(21(17)14-15)19-11-5-8-16-7-3-4-10-18(16)19;1-2;;;/h2*3-5,7-8,10-11,13-14,20H,2,6,9,12H2,1H3;1H2,2H3;2*1H;/q;;;;;+2/p-2. The van der Waals surface area contributed by atoms with Crippen LogP contribution < -0.4 is 0 Å². The third kappa shape index (κ3) is 5.00. The van der Waals surface area contributed by atoms with E-state index in [1.165, 1.54) is 69.5 Å². The SMILES string of the molecule is CCC1=CC2=C(CCCC2c2cccc3ccccc23)[CH]1[Zr]([Cl])([Cl])([CH2]C)[CH]1C(CC)=CC2=C1CCCC2c1cccc2ccccc12. The Bertz CT molecular complexity index is 1870. The van der Waals surface area contributed by atoms with Gasteiger partial charge in [-0.05, 0) is 0 Å². The molecule has 0 N–H and O–H groups in total. The zero-order valence-electron chi connectivity index (χ0n) is 28.2. The van der Waals surface area contributed by atoms with Crippen molar-refractivity contribution in [2.24, 2.45) is 0 Å². The fourth-order valence-corrected chi connectivity index (χ4v) is 29.9. The quantitative estimate of drug-likeness (QED) is 0.177. The number of fused-ring (bicyclic) bond motifs is 2. The minimum absolute atomic E-state index is 0.229.